The van der Waals surface area contributed by atoms with Crippen LogP contribution in [0.3, 0.4) is 0 Å². The highest BCUT2D eigenvalue weighted by molar-refractivity contribution is 6.31. The lowest BCUT2D eigenvalue weighted by Crippen LogP contribution is -2.38. The lowest BCUT2D eigenvalue weighted by molar-refractivity contribution is -0.127. The second-order valence-corrected chi connectivity index (χ2v) is 9.83. The predicted octanol–water partition coefficient (Wildman–Crippen LogP) is 6.66. The first-order valence-electron chi connectivity index (χ1n) is 13.0. The summed E-state index contributed by atoms with van der Waals surface area (Å²) in [6.07, 6.45) is 7.87. The molecule has 0 radical (unpaired) electrons. The van der Waals surface area contributed by atoms with Gasteiger partial charge in [0.25, 0.3) is 0 Å². The second kappa shape index (κ2) is 13.8. The number of ketones is 1. The molecule has 0 saturated heterocycles. The van der Waals surface area contributed by atoms with Crippen LogP contribution in [0.5, 0.6) is 0 Å². The Balaban J connectivity index is 0.000000375. The quantitative estimate of drug-likeness (QED) is 0.240. The smallest absolute Gasteiger partial charge is 0.246 e. The summed E-state index contributed by atoms with van der Waals surface area (Å²) >= 11 is 5.82. The number of hydrogen-bond acceptors (Lipinski definition) is 4. The molecule has 1 amide bonds. The molecule has 1 aliphatic rings. The molecule has 2 heterocycles. The van der Waals surface area contributed by atoms with Crippen molar-refractivity contribution < 1.29 is 9.59 Å². The molecule has 0 aliphatic carbocycles. The predicted molar refractivity (Wildman–Crippen MR) is 156 cm³/mol. The summed E-state index contributed by atoms with van der Waals surface area (Å²) in [5.74, 6) is 1.09. The van der Waals surface area contributed by atoms with Gasteiger partial charge in [-0.2, -0.15) is 0 Å². The first-order chi connectivity index (χ1) is 18.3. The summed E-state index contributed by atoms with van der Waals surface area (Å²) in [5.41, 5.74) is 4.18. The number of halogens is 1. The van der Waals surface area contributed by atoms with E-state index in [0.717, 1.165) is 23.0 Å². The van der Waals surface area contributed by atoms with Gasteiger partial charge in [0, 0.05) is 43.3 Å². The summed E-state index contributed by atoms with van der Waals surface area (Å²) in [6.45, 7) is 14.0. The molecule has 1 aliphatic heterocycles. The highest BCUT2D eigenvalue weighted by atomic mass is 35.5. The van der Waals surface area contributed by atoms with Gasteiger partial charge >= 0.3 is 0 Å². The summed E-state index contributed by atoms with van der Waals surface area (Å²) in [7, 11) is 0. The van der Waals surface area contributed by atoms with Crippen molar-refractivity contribution in [1.29, 1.82) is 0 Å². The molecule has 0 unspecified atom stereocenters. The average Bonchev–Trinajstić information content (AvgIpc) is 3.35. The van der Waals surface area contributed by atoms with Crippen LogP contribution in [0.1, 0.15) is 61.1 Å². The number of imidazole rings is 1. The Morgan fingerprint density at radius 1 is 1.13 bits per heavy atom. The van der Waals surface area contributed by atoms with Crippen LogP contribution in [-0.2, 0) is 24.3 Å². The van der Waals surface area contributed by atoms with E-state index in [9.17, 15) is 9.59 Å². The first kappa shape index (κ1) is 28.9. The normalized spacial score (nSPS) is 12.6. The van der Waals surface area contributed by atoms with Gasteiger partial charge in [0.05, 0.1) is 12.7 Å². The summed E-state index contributed by atoms with van der Waals surface area (Å²) in [5, 5.41) is 0.875. The maximum atomic E-state index is 12.6. The van der Waals surface area contributed by atoms with Gasteiger partial charge in [-0.15, -0.1) is 0 Å². The molecule has 0 spiro atoms. The van der Waals surface area contributed by atoms with Crippen molar-refractivity contribution in [2.24, 2.45) is 0 Å². The first-order valence-corrected chi connectivity index (χ1v) is 13.4. The van der Waals surface area contributed by atoms with E-state index in [2.05, 4.69) is 44.5 Å². The molecule has 0 N–H and O–H groups in total. The highest BCUT2D eigenvalue weighted by Gasteiger charge is 2.23. The third-order valence-electron chi connectivity index (χ3n) is 6.53. The molecule has 6 nitrogen and oxygen atoms in total. The fraction of sp³-hybridized carbons (Fsp3) is 0.323. The van der Waals surface area contributed by atoms with Crippen molar-refractivity contribution in [1.82, 2.24) is 14.5 Å². The van der Waals surface area contributed by atoms with E-state index in [1.54, 1.807) is 23.4 Å². The van der Waals surface area contributed by atoms with Crippen LogP contribution in [-0.4, -0.2) is 39.2 Å². The highest BCUT2D eigenvalue weighted by Crippen LogP contribution is 2.27. The number of carbonyl (C=O) groups excluding carboxylic acids is 2. The number of Topliss-reactive ketones (excluding diaryl/α,β-unsaturated/α-hetero) is 1. The number of aryl methyl sites for hydroxylation is 1. The summed E-state index contributed by atoms with van der Waals surface area (Å²) < 4.78 is 1.90. The molecule has 0 atom stereocenters. The van der Waals surface area contributed by atoms with E-state index in [0.29, 0.717) is 37.8 Å². The van der Waals surface area contributed by atoms with Gasteiger partial charge in [0.15, 0.2) is 5.78 Å². The van der Waals surface area contributed by atoms with Gasteiger partial charge in [-0.25, -0.2) is 4.98 Å². The SMILES string of the molecule is C=CN(C/C=C/C(=O)N1CCn2c(C(C)=O)cnc2C1)c1ccccc1C(C)C.CCc1ccccc1Cl. The molecule has 0 bridgehead atoms. The maximum absolute atomic E-state index is 12.6. The van der Waals surface area contributed by atoms with Gasteiger partial charge in [0.2, 0.25) is 5.91 Å². The molecule has 3 aromatic rings. The Hall–Kier alpha value is -3.64. The second-order valence-electron chi connectivity index (χ2n) is 9.42. The van der Waals surface area contributed by atoms with Crippen LogP contribution >= 0.6 is 11.6 Å². The van der Waals surface area contributed by atoms with Gasteiger partial charge < -0.3 is 14.4 Å². The van der Waals surface area contributed by atoms with Crippen molar-refractivity contribution in [2.75, 3.05) is 18.0 Å². The van der Waals surface area contributed by atoms with Crippen molar-refractivity contribution >= 4 is 29.0 Å². The Morgan fingerprint density at radius 2 is 1.84 bits per heavy atom. The van der Waals surface area contributed by atoms with Gasteiger partial charge in [-0.05, 0) is 41.8 Å². The van der Waals surface area contributed by atoms with Gasteiger partial charge in [-0.1, -0.05) is 81.4 Å². The fourth-order valence-electron chi connectivity index (χ4n) is 4.40. The minimum Gasteiger partial charge on any atom is -0.345 e. The zero-order valence-corrected chi connectivity index (χ0v) is 23.5. The van der Waals surface area contributed by atoms with Gasteiger partial charge in [-0.3, -0.25) is 9.59 Å². The van der Waals surface area contributed by atoms with Crippen molar-refractivity contribution in [3.63, 3.8) is 0 Å². The fourth-order valence-corrected chi connectivity index (χ4v) is 4.66. The molecule has 7 heteroatoms. The number of hydrogen-bond donors (Lipinski definition) is 0. The summed E-state index contributed by atoms with van der Waals surface area (Å²) in [6, 6.07) is 16.2. The van der Waals surface area contributed by atoms with Crippen molar-refractivity contribution in [2.45, 2.75) is 53.1 Å². The van der Waals surface area contributed by atoms with E-state index in [1.165, 1.54) is 18.1 Å². The number of aromatic nitrogens is 2. The number of benzene rings is 2. The molecule has 0 saturated carbocycles. The van der Waals surface area contributed by atoms with Crippen LogP contribution in [0.4, 0.5) is 5.69 Å². The lowest BCUT2D eigenvalue weighted by atomic mass is 10.0. The number of carbonyl (C=O) groups is 2. The Bertz CT molecular complexity index is 1290. The van der Waals surface area contributed by atoms with Gasteiger partial charge in [0.1, 0.15) is 11.5 Å². The minimum absolute atomic E-state index is 0.00498. The Labute approximate surface area is 231 Å². The monoisotopic (exact) mass is 532 g/mol. The number of anilines is 1. The molecule has 38 heavy (non-hydrogen) atoms. The van der Waals surface area contributed by atoms with E-state index in [-0.39, 0.29) is 11.7 Å². The van der Waals surface area contributed by atoms with Crippen LogP contribution in [0.15, 0.2) is 79.7 Å². The van der Waals surface area contributed by atoms with E-state index in [4.69, 9.17) is 11.6 Å². The Kier molecular flexibility index (Phi) is 10.5. The molecular formula is C31H37ClN4O2. The van der Waals surface area contributed by atoms with Crippen LogP contribution in [0.25, 0.3) is 0 Å². The van der Waals surface area contributed by atoms with Crippen molar-refractivity contribution in [3.05, 3.63) is 107 Å². The zero-order valence-electron chi connectivity index (χ0n) is 22.7. The standard InChI is InChI=1S/C23H28N4O2.C8H9Cl/c1-5-25(20-10-7-6-9-19(20)17(2)3)12-8-11-23(29)26-13-14-27-21(18(4)28)15-24-22(27)16-26;1-2-7-5-3-4-6-8(7)9/h5-11,15,17H,1,12-14,16H2,2-4H3;3-6H,2H2,1H3/b11-8+;. The molecule has 1 aromatic heterocycles. The zero-order chi connectivity index (χ0) is 27.7. The van der Waals surface area contributed by atoms with E-state index < -0.39 is 0 Å². The average molecular weight is 533 g/mol. The molecular weight excluding hydrogens is 496 g/mol. The minimum atomic E-state index is -0.0511. The van der Waals surface area contributed by atoms with Crippen LogP contribution < -0.4 is 4.90 Å². The topological polar surface area (TPSA) is 58.4 Å². The molecule has 4 rings (SSSR count). The lowest BCUT2D eigenvalue weighted by Gasteiger charge is -2.27. The number of amides is 1. The van der Waals surface area contributed by atoms with E-state index in [1.807, 2.05) is 51.9 Å². The van der Waals surface area contributed by atoms with E-state index >= 15 is 0 Å². The van der Waals surface area contributed by atoms with Crippen LogP contribution in [0, 0.1) is 0 Å². The number of para-hydroxylation sites is 1. The molecule has 200 valence electrons. The third kappa shape index (κ3) is 7.23. The third-order valence-corrected chi connectivity index (χ3v) is 6.89. The number of rotatable bonds is 8. The molecule has 2 aromatic carbocycles. The van der Waals surface area contributed by atoms with Crippen molar-refractivity contribution in [3.8, 4) is 0 Å². The largest absolute Gasteiger partial charge is 0.345 e. The number of nitrogens with zero attached hydrogens (tertiary/aromatic N) is 4. The van der Waals surface area contributed by atoms with Crippen LogP contribution in [0.2, 0.25) is 5.02 Å². The number of fused-ring (bicyclic) bond motifs is 1. The molecule has 0 fully saturated rings. The maximum Gasteiger partial charge on any atom is 0.246 e. The summed E-state index contributed by atoms with van der Waals surface area (Å²) in [4.78, 5) is 32.4. The Morgan fingerprint density at radius 3 is 2.47 bits per heavy atom.